The smallest absolute Gasteiger partial charge is 0.147 e. The number of anilines is 1. The molecule has 0 unspecified atom stereocenters. The molecule has 0 atom stereocenters. The molecule has 0 aliphatic carbocycles. The number of benzene rings is 2. The van der Waals surface area contributed by atoms with E-state index in [1.165, 1.54) is 24.3 Å². The Morgan fingerprint density at radius 3 is 2.47 bits per heavy atom. The topological polar surface area (TPSA) is 39.2 Å². The fraction of sp³-hybridized carbons (Fsp3) is 0. The Bertz CT molecular complexity index is 780. The minimum absolute atomic E-state index is 0.0525. The Hall–Kier alpha value is -2.43. The molecule has 0 fully saturated rings. The number of furan rings is 1. The Balaban J connectivity index is 2.21. The highest BCUT2D eigenvalue weighted by atomic mass is 19.1. The van der Waals surface area contributed by atoms with Gasteiger partial charge in [0.25, 0.3) is 0 Å². The van der Waals surface area contributed by atoms with Gasteiger partial charge >= 0.3 is 0 Å². The molecule has 2 nitrogen and oxygen atoms in total. The summed E-state index contributed by atoms with van der Waals surface area (Å²) in [5, 5.41) is 0.478. The lowest BCUT2D eigenvalue weighted by Gasteiger charge is -2.02. The van der Waals surface area contributed by atoms with Crippen molar-refractivity contribution in [1.29, 1.82) is 0 Å². The van der Waals surface area contributed by atoms with Crippen molar-refractivity contribution >= 4 is 16.7 Å². The fourth-order valence-corrected chi connectivity index (χ4v) is 1.90. The second-order valence-electron chi connectivity index (χ2n) is 4.15. The predicted octanol–water partition coefficient (Wildman–Crippen LogP) is 4.10. The zero-order chi connectivity index (χ0) is 13.6. The number of hydrogen-bond acceptors (Lipinski definition) is 2. The maximum atomic E-state index is 13.7. The highest BCUT2D eigenvalue weighted by Crippen LogP contribution is 2.31. The SMILES string of the molecule is Nc1cc(F)c(-c2cc3cc(F)ccc3o2)cc1F. The first-order chi connectivity index (χ1) is 9.04. The lowest BCUT2D eigenvalue weighted by atomic mass is 10.1. The molecule has 2 aromatic carbocycles. The molecule has 0 saturated heterocycles. The number of rotatable bonds is 1. The molecule has 0 aliphatic heterocycles. The summed E-state index contributed by atoms with van der Waals surface area (Å²) in [4.78, 5) is 0. The minimum Gasteiger partial charge on any atom is -0.456 e. The zero-order valence-electron chi connectivity index (χ0n) is 9.58. The number of nitrogen functional groups attached to an aromatic ring is 1. The summed E-state index contributed by atoms with van der Waals surface area (Å²) in [5.74, 6) is -1.73. The van der Waals surface area contributed by atoms with Gasteiger partial charge in [-0.25, -0.2) is 13.2 Å². The largest absolute Gasteiger partial charge is 0.456 e. The molecule has 19 heavy (non-hydrogen) atoms. The van der Waals surface area contributed by atoms with Gasteiger partial charge in [-0.15, -0.1) is 0 Å². The van der Waals surface area contributed by atoms with E-state index in [9.17, 15) is 13.2 Å². The maximum absolute atomic E-state index is 13.7. The molecule has 3 aromatic rings. The molecule has 0 aliphatic rings. The van der Waals surface area contributed by atoms with Gasteiger partial charge in [0.1, 0.15) is 28.8 Å². The van der Waals surface area contributed by atoms with Gasteiger partial charge in [0, 0.05) is 11.5 Å². The summed E-state index contributed by atoms with van der Waals surface area (Å²) in [6.45, 7) is 0. The van der Waals surface area contributed by atoms with Gasteiger partial charge in [-0.3, -0.25) is 0 Å². The first kappa shape index (κ1) is 11.6. The lowest BCUT2D eigenvalue weighted by molar-refractivity contribution is 0.587. The van der Waals surface area contributed by atoms with E-state index in [4.69, 9.17) is 10.2 Å². The summed E-state index contributed by atoms with van der Waals surface area (Å²) < 4.78 is 45.5. The molecule has 0 saturated carbocycles. The Labute approximate surface area is 106 Å². The Kier molecular flexibility index (Phi) is 2.48. The van der Waals surface area contributed by atoms with Crippen molar-refractivity contribution in [2.75, 3.05) is 5.73 Å². The first-order valence-electron chi connectivity index (χ1n) is 5.48. The Morgan fingerprint density at radius 2 is 1.68 bits per heavy atom. The normalized spacial score (nSPS) is 11.1. The third-order valence-corrected chi connectivity index (χ3v) is 2.83. The predicted molar refractivity (Wildman–Crippen MR) is 65.9 cm³/mol. The molecule has 1 aromatic heterocycles. The number of fused-ring (bicyclic) bond motifs is 1. The van der Waals surface area contributed by atoms with E-state index < -0.39 is 17.5 Å². The van der Waals surface area contributed by atoms with Gasteiger partial charge in [0.2, 0.25) is 0 Å². The second-order valence-corrected chi connectivity index (χ2v) is 4.15. The van der Waals surface area contributed by atoms with Crippen molar-refractivity contribution in [2.24, 2.45) is 0 Å². The fourth-order valence-electron chi connectivity index (χ4n) is 1.90. The lowest BCUT2D eigenvalue weighted by Crippen LogP contribution is -1.93. The van der Waals surface area contributed by atoms with Crippen molar-refractivity contribution in [2.45, 2.75) is 0 Å². The van der Waals surface area contributed by atoms with Gasteiger partial charge in [-0.1, -0.05) is 0 Å². The summed E-state index contributed by atoms with van der Waals surface area (Å²) in [6.07, 6.45) is 0. The van der Waals surface area contributed by atoms with E-state index in [1.807, 2.05) is 0 Å². The van der Waals surface area contributed by atoms with E-state index in [0.29, 0.717) is 11.0 Å². The van der Waals surface area contributed by atoms with E-state index in [2.05, 4.69) is 0 Å². The number of nitrogens with two attached hydrogens (primary N) is 1. The van der Waals surface area contributed by atoms with Crippen LogP contribution < -0.4 is 5.73 Å². The highest BCUT2D eigenvalue weighted by molar-refractivity contribution is 5.83. The average Bonchev–Trinajstić information content (AvgIpc) is 2.76. The monoisotopic (exact) mass is 263 g/mol. The van der Waals surface area contributed by atoms with Gasteiger partial charge < -0.3 is 10.2 Å². The van der Waals surface area contributed by atoms with E-state index in [-0.39, 0.29) is 17.0 Å². The number of hydrogen-bond donors (Lipinski definition) is 1. The minimum atomic E-state index is -0.733. The molecular formula is C14H8F3NO. The van der Waals surface area contributed by atoms with Crippen LogP contribution in [-0.4, -0.2) is 0 Å². The van der Waals surface area contributed by atoms with Crippen molar-refractivity contribution in [3.8, 4) is 11.3 Å². The van der Waals surface area contributed by atoms with Gasteiger partial charge in [-0.05, 0) is 30.3 Å². The second kappa shape index (κ2) is 4.05. The van der Waals surface area contributed by atoms with Crippen LogP contribution in [0.4, 0.5) is 18.9 Å². The summed E-state index contributed by atoms with van der Waals surface area (Å²) in [5.41, 5.74) is 5.34. The van der Waals surface area contributed by atoms with Gasteiger partial charge in [0.15, 0.2) is 0 Å². The molecule has 2 N–H and O–H groups in total. The maximum Gasteiger partial charge on any atom is 0.147 e. The molecule has 3 rings (SSSR count). The van der Waals surface area contributed by atoms with Crippen LogP contribution >= 0.6 is 0 Å². The molecule has 5 heteroatoms. The molecule has 0 spiro atoms. The third-order valence-electron chi connectivity index (χ3n) is 2.83. The van der Waals surface area contributed by atoms with Crippen molar-refractivity contribution in [3.63, 3.8) is 0 Å². The summed E-state index contributed by atoms with van der Waals surface area (Å²) in [7, 11) is 0. The van der Waals surface area contributed by atoms with Crippen LogP contribution in [0.25, 0.3) is 22.3 Å². The molecule has 0 amide bonds. The number of halogens is 3. The third kappa shape index (κ3) is 1.93. The summed E-state index contributed by atoms with van der Waals surface area (Å²) >= 11 is 0. The van der Waals surface area contributed by atoms with Gasteiger partial charge in [-0.2, -0.15) is 0 Å². The van der Waals surface area contributed by atoms with Crippen molar-refractivity contribution in [3.05, 3.63) is 53.8 Å². The quantitative estimate of drug-likeness (QED) is 0.671. The van der Waals surface area contributed by atoms with Crippen LogP contribution in [-0.2, 0) is 0 Å². The van der Waals surface area contributed by atoms with Crippen LogP contribution in [0.15, 0.2) is 40.8 Å². The van der Waals surface area contributed by atoms with Crippen LogP contribution in [0.5, 0.6) is 0 Å². The molecule has 0 bridgehead atoms. The first-order valence-corrected chi connectivity index (χ1v) is 5.48. The van der Waals surface area contributed by atoms with E-state index in [1.54, 1.807) is 0 Å². The van der Waals surface area contributed by atoms with Crippen molar-refractivity contribution < 1.29 is 17.6 Å². The van der Waals surface area contributed by atoms with Crippen LogP contribution in [0.2, 0.25) is 0 Å². The molecule has 96 valence electrons. The van der Waals surface area contributed by atoms with Crippen LogP contribution in [0.1, 0.15) is 0 Å². The van der Waals surface area contributed by atoms with Gasteiger partial charge in [0.05, 0.1) is 11.3 Å². The van der Waals surface area contributed by atoms with Crippen molar-refractivity contribution in [1.82, 2.24) is 0 Å². The van der Waals surface area contributed by atoms with Crippen LogP contribution in [0.3, 0.4) is 0 Å². The highest BCUT2D eigenvalue weighted by Gasteiger charge is 2.14. The van der Waals surface area contributed by atoms with E-state index >= 15 is 0 Å². The molecule has 1 heterocycles. The van der Waals surface area contributed by atoms with E-state index in [0.717, 1.165) is 12.1 Å². The standard InChI is InChI=1S/C14H8F3NO/c15-8-1-2-13-7(3-8)4-14(19-13)9-5-11(17)12(18)6-10(9)16/h1-6H,18H2. The average molecular weight is 263 g/mol. The zero-order valence-corrected chi connectivity index (χ0v) is 9.58. The summed E-state index contributed by atoms with van der Waals surface area (Å²) in [6, 6.07) is 7.22. The molecule has 0 radical (unpaired) electrons. The Morgan fingerprint density at radius 1 is 0.895 bits per heavy atom. The molecular weight excluding hydrogens is 255 g/mol. The van der Waals surface area contributed by atoms with Crippen LogP contribution in [0, 0.1) is 17.5 Å².